The smallest absolute Gasteiger partial charge is 0.359 e. The number of aryl methyl sites for hydroxylation is 1. The van der Waals surface area contributed by atoms with E-state index in [1.165, 1.54) is 7.11 Å². The zero-order valence-corrected chi connectivity index (χ0v) is 22.6. The van der Waals surface area contributed by atoms with Crippen molar-refractivity contribution in [2.45, 2.75) is 39.7 Å². The molecule has 0 spiro atoms. The monoisotopic (exact) mass is 572 g/mol. The first-order valence-electron chi connectivity index (χ1n) is 11.7. The summed E-state index contributed by atoms with van der Waals surface area (Å²) in [5.74, 6) is -0.229. The Morgan fingerprint density at radius 3 is 2.61 bits per heavy atom. The van der Waals surface area contributed by atoms with Crippen LogP contribution in [-0.2, 0) is 22.4 Å². The number of hydrogen-bond donors (Lipinski definition) is 0. The molecule has 0 fully saturated rings. The van der Waals surface area contributed by atoms with E-state index in [-0.39, 0.29) is 17.5 Å². The van der Waals surface area contributed by atoms with E-state index in [0.717, 1.165) is 35.1 Å². The molecular weight excluding hydrogens is 548 g/mol. The van der Waals surface area contributed by atoms with E-state index in [1.54, 1.807) is 23.7 Å². The standard InChI is InChI=1S/C26H26BrClN4O4/c1-4-6-11-21-29-22(26(34)35-3)24(28)31(21)15-16-12-13-19-18(14-16)23(27)32(30-19)20-10-8-7-9-17(20)25(33)36-5-2/h7-10,12-14H,4-6,11,15H2,1-3H3. The Bertz CT molecular complexity index is 1430. The average molecular weight is 574 g/mol. The Morgan fingerprint density at radius 1 is 1.11 bits per heavy atom. The largest absolute Gasteiger partial charge is 0.464 e. The van der Waals surface area contributed by atoms with Gasteiger partial charge in [-0.2, -0.15) is 5.10 Å². The van der Waals surface area contributed by atoms with Crippen molar-refractivity contribution in [1.82, 2.24) is 19.3 Å². The van der Waals surface area contributed by atoms with Crippen molar-refractivity contribution in [3.63, 3.8) is 0 Å². The van der Waals surface area contributed by atoms with E-state index < -0.39 is 11.9 Å². The lowest BCUT2D eigenvalue weighted by Gasteiger charge is -2.10. The van der Waals surface area contributed by atoms with E-state index in [9.17, 15) is 9.59 Å². The minimum atomic E-state index is -0.559. The molecule has 0 saturated carbocycles. The Labute approximate surface area is 222 Å². The fourth-order valence-electron chi connectivity index (χ4n) is 3.97. The third-order valence-corrected chi connectivity index (χ3v) is 6.91. The van der Waals surface area contributed by atoms with Crippen LogP contribution < -0.4 is 0 Å². The maximum atomic E-state index is 12.5. The summed E-state index contributed by atoms with van der Waals surface area (Å²) >= 11 is 10.2. The average Bonchev–Trinajstić information content (AvgIpc) is 3.38. The highest BCUT2D eigenvalue weighted by atomic mass is 79.9. The third-order valence-electron chi connectivity index (χ3n) is 5.76. The second kappa shape index (κ2) is 11.3. The van der Waals surface area contributed by atoms with Gasteiger partial charge in [-0.15, -0.1) is 0 Å². The van der Waals surface area contributed by atoms with Crippen LogP contribution in [0.2, 0.25) is 5.15 Å². The minimum Gasteiger partial charge on any atom is -0.464 e. The molecule has 0 radical (unpaired) electrons. The molecule has 2 aromatic heterocycles. The number of hydrogen-bond acceptors (Lipinski definition) is 6. The van der Waals surface area contributed by atoms with E-state index in [4.69, 9.17) is 26.2 Å². The van der Waals surface area contributed by atoms with Crippen molar-refractivity contribution in [1.29, 1.82) is 0 Å². The van der Waals surface area contributed by atoms with Crippen LogP contribution in [0.4, 0.5) is 0 Å². The first-order chi connectivity index (χ1) is 17.4. The number of unbranched alkanes of at least 4 members (excludes halogenated alkanes) is 1. The van der Waals surface area contributed by atoms with Crippen molar-refractivity contribution < 1.29 is 19.1 Å². The fraction of sp³-hybridized carbons (Fsp3) is 0.308. The summed E-state index contributed by atoms with van der Waals surface area (Å²) in [6.07, 6.45) is 2.61. The number of carbonyl (C=O) groups is 2. The van der Waals surface area contributed by atoms with Crippen LogP contribution >= 0.6 is 27.5 Å². The molecule has 2 heterocycles. The van der Waals surface area contributed by atoms with Gasteiger partial charge in [-0.25, -0.2) is 19.3 Å². The molecule has 0 unspecified atom stereocenters. The van der Waals surface area contributed by atoms with E-state index >= 15 is 0 Å². The Balaban J connectivity index is 1.74. The summed E-state index contributed by atoms with van der Waals surface area (Å²) in [7, 11) is 1.31. The van der Waals surface area contributed by atoms with Gasteiger partial charge in [0.1, 0.15) is 15.6 Å². The highest BCUT2D eigenvalue weighted by molar-refractivity contribution is 9.10. The lowest BCUT2D eigenvalue weighted by atomic mass is 10.1. The van der Waals surface area contributed by atoms with Crippen molar-refractivity contribution in [3.8, 4) is 5.69 Å². The second-order valence-corrected chi connectivity index (χ2v) is 9.25. The number of methoxy groups -OCH3 is 1. The number of carbonyl (C=O) groups excluding carboxylic acids is 2. The molecule has 2 aromatic carbocycles. The number of halogens is 2. The van der Waals surface area contributed by atoms with Crippen LogP contribution in [0.3, 0.4) is 0 Å². The van der Waals surface area contributed by atoms with Gasteiger partial charge in [0.15, 0.2) is 5.69 Å². The maximum absolute atomic E-state index is 12.5. The van der Waals surface area contributed by atoms with E-state index in [0.29, 0.717) is 28.8 Å². The number of nitrogens with zero attached hydrogens (tertiary/aromatic N) is 4. The maximum Gasteiger partial charge on any atom is 0.359 e. The molecule has 0 aliphatic rings. The van der Waals surface area contributed by atoms with E-state index in [1.807, 2.05) is 34.9 Å². The molecule has 0 saturated heterocycles. The summed E-state index contributed by atoms with van der Waals surface area (Å²) in [4.78, 5) is 29.1. The molecule has 8 nitrogen and oxygen atoms in total. The Hall–Kier alpha value is -3.17. The number of para-hydroxylation sites is 1. The fourth-order valence-corrected chi connectivity index (χ4v) is 4.84. The highest BCUT2D eigenvalue weighted by Crippen LogP contribution is 2.30. The van der Waals surface area contributed by atoms with Crippen LogP contribution in [0.15, 0.2) is 47.1 Å². The predicted molar refractivity (Wildman–Crippen MR) is 141 cm³/mol. The first kappa shape index (κ1) is 25.9. The van der Waals surface area contributed by atoms with Crippen LogP contribution in [-0.4, -0.2) is 45.0 Å². The zero-order chi connectivity index (χ0) is 25.8. The Kier molecular flexibility index (Phi) is 8.11. The van der Waals surface area contributed by atoms with Crippen LogP contribution in [0, 0.1) is 0 Å². The van der Waals surface area contributed by atoms with Gasteiger partial charge in [0, 0.05) is 11.8 Å². The number of esters is 2. The summed E-state index contributed by atoms with van der Waals surface area (Å²) in [6, 6.07) is 13.1. The molecule has 0 amide bonds. The van der Waals surface area contributed by atoms with Gasteiger partial charge >= 0.3 is 11.9 Å². The summed E-state index contributed by atoms with van der Waals surface area (Å²) in [5.41, 5.74) is 2.87. The molecule has 0 bridgehead atoms. The molecule has 0 atom stereocenters. The number of imidazole rings is 1. The van der Waals surface area contributed by atoms with Gasteiger partial charge in [0.05, 0.1) is 37.0 Å². The number of rotatable bonds is 9. The molecule has 4 aromatic rings. The third kappa shape index (κ3) is 5.03. The second-order valence-electron chi connectivity index (χ2n) is 8.14. The molecule has 0 aliphatic carbocycles. The number of benzene rings is 2. The SMILES string of the molecule is CCCCc1nc(C(=O)OC)c(Cl)n1Cc1ccc2nn(-c3ccccc3C(=O)OCC)c(Br)c2c1. The van der Waals surface area contributed by atoms with Gasteiger partial charge < -0.3 is 14.0 Å². The zero-order valence-electron chi connectivity index (χ0n) is 20.3. The Morgan fingerprint density at radius 2 is 1.89 bits per heavy atom. The quantitative estimate of drug-likeness (QED) is 0.229. The van der Waals surface area contributed by atoms with Crippen LogP contribution in [0.1, 0.15) is 58.9 Å². The van der Waals surface area contributed by atoms with Crippen LogP contribution in [0.5, 0.6) is 0 Å². The van der Waals surface area contributed by atoms with E-state index in [2.05, 4.69) is 27.8 Å². The number of ether oxygens (including phenoxy) is 2. The van der Waals surface area contributed by atoms with Crippen molar-refractivity contribution in [2.24, 2.45) is 0 Å². The summed E-state index contributed by atoms with van der Waals surface area (Å²) < 4.78 is 14.3. The molecule has 0 N–H and O–H groups in total. The molecule has 0 aliphatic heterocycles. The predicted octanol–water partition coefficient (Wildman–Crippen LogP) is 5.99. The van der Waals surface area contributed by atoms with Crippen LogP contribution in [0.25, 0.3) is 16.6 Å². The lowest BCUT2D eigenvalue weighted by molar-refractivity contribution is 0.0525. The normalized spacial score (nSPS) is 11.1. The lowest BCUT2D eigenvalue weighted by Crippen LogP contribution is -2.10. The minimum absolute atomic E-state index is 0.121. The molecule has 10 heteroatoms. The number of fused-ring (bicyclic) bond motifs is 1. The number of aromatic nitrogens is 4. The van der Waals surface area contributed by atoms with Gasteiger partial charge in [0.25, 0.3) is 0 Å². The van der Waals surface area contributed by atoms with Gasteiger partial charge in [-0.05, 0) is 59.1 Å². The molecule has 188 valence electrons. The first-order valence-corrected chi connectivity index (χ1v) is 12.8. The van der Waals surface area contributed by atoms with Gasteiger partial charge in [-0.3, -0.25) is 0 Å². The van der Waals surface area contributed by atoms with Crippen molar-refractivity contribution in [2.75, 3.05) is 13.7 Å². The van der Waals surface area contributed by atoms with Crippen molar-refractivity contribution >= 4 is 50.4 Å². The van der Waals surface area contributed by atoms with Gasteiger partial charge in [-0.1, -0.05) is 43.1 Å². The molecular formula is C26H26BrClN4O4. The topological polar surface area (TPSA) is 88.2 Å². The highest BCUT2D eigenvalue weighted by Gasteiger charge is 2.22. The summed E-state index contributed by atoms with van der Waals surface area (Å²) in [5, 5.41) is 5.83. The molecule has 36 heavy (non-hydrogen) atoms. The van der Waals surface area contributed by atoms with Gasteiger partial charge in [0.2, 0.25) is 0 Å². The van der Waals surface area contributed by atoms with Crippen molar-refractivity contribution in [3.05, 3.63) is 74.9 Å². The molecule has 4 rings (SSSR count). The summed E-state index contributed by atoms with van der Waals surface area (Å²) in [6.45, 7) is 4.58.